The van der Waals surface area contributed by atoms with Gasteiger partial charge in [0.2, 0.25) is 5.91 Å². The topological polar surface area (TPSA) is 41.1 Å². The highest BCUT2D eigenvalue weighted by atomic mass is 16.1. The van der Waals surface area contributed by atoms with Crippen molar-refractivity contribution in [1.29, 1.82) is 0 Å². The third kappa shape index (κ3) is 15.4. The maximum Gasteiger partial charge on any atom is 0.246 e. The lowest BCUT2D eigenvalue weighted by Gasteiger charge is -1.97. The molecule has 0 saturated carbocycles. The summed E-state index contributed by atoms with van der Waals surface area (Å²) < 4.78 is 0. The van der Waals surface area contributed by atoms with Crippen molar-refractivity contribution in [3.05, 3.63) is 37.5 Å². The number of carbonyl (C=O) groups excluding carboxylic acids is 1. The van der Waals surface area contributed by atoms with Crippen LogP contribution in [0.3, 0.4) is 0 Å². The Hall–Kier alpha value is -1.35. The van der Waals surface area contributed by atoms with E-state index in [1.165, 1.54) is 0 Å². The van der Waals surface area contributed by atoms with E-state index in [0.29, 0.717) is 12.1 Å². The van der Waals surface area contributed by atoms with Gasteiger partial charge in [-0.05, 0) is 13.8 Å². The minimum Gasteiger partial charge on any atom is -0.353 e. The summed E-state index contributed by atoms with van der Waals surface area (Å²) in [6.07, 6.45) is 3.65. The molecule has 0 atom stereocenters. The molecule has 0 unspecified atom stereocenters. The molecule has 15 heavy (non-hydrogen) atoms. The standard InChI is InChI=1S/C6H11NO.C6H11N/c1-4-7-6(8)5(2)3;1-3-5-7-6-4-2/h2,4H2,1,3H3,(H,7,8);3-4,7H,1-2,5-6H2. The van der Waals surface area contributed by atoms with E-state index in [2.05, 4.69) is 30.4 Å². The normalized spacial score (nSPS) is 8.13. The smallest absolute Gasteiger partial charge is 0.246 e. The van der Waals surface area contributed by atoms with E-state index in [9.17, 15) is 4.79 Å². The molecule has 86 valence electrons. The van der Waals surface area contributed by atoms with E-state index in [-0.39, 0.29) is 5.91 Å². The van der Waals surface area contributed by atoms with Gasteiger partial charge in [0, 0.05) is 25.2 Å². The second kappa shape index (κ2) is 12.7. The quantitative estimate of drug-likeness (QED) is 0.397. The van der Waals surface area contributed by atoms with Crippen molar-refractivity contribution in [2.24, 2.45) is 0 Å². The summed E-state index contributed by atoms with van der Waals surface area (Å²) in [5, 5.41) is 5.66. The molecule has 3 nitrogen and oxygen atoms in total. The number of rotatable bonds is 6. The van der Waals surface area contributed by atoms with Gasteiger partial charge in [0.25, 0.3) is 0 Å². The summed E-state index contributed by atoms with van der Waals surface area (Å²) in [5.41, 5.74) is 0.562. The monoisotopic (exact) mass is 210 g/mol. The van der Waals surface area contributed by atoms with Crippen LogP contribution < -0.4 is 10.6 Å². The van der Waals surface area contributed by atoms with Gasteiger partial charge in [0.1, 0.15) is 0 Å². The summed E-state index contributed by atoms with van der Waals surface area (Å²) in [6.45, 7) is 16.5. The zero-order valence-electron chi connectivity index (χ0n) is 9.81. The summed E-state index contributed by atoms with van der Waals surface area (Å²) in [4.78, 5) is 10.5. The first kappa shape index (κ1) is 16.1. The molecule has 0 fully saturated rings. The predicted molar refractivity (Wildman–Crippen MR) is 66.8 cm³/mol. The number of carbonyl (C=O) groups is 1. The molecule has 0 saturated heterocycles. The third-order valence-electron chi connectivity index (χ3n) is 1.30. The first-order chi connectivity index (χ1) is 7.09. The molecule has 3 heteroatoms. The molecule has 0 rings (SSSR count). The highest BCUT2D eigenvalue weighted by Gasteiger charge is 1.95. The molecular formula is C12H22N2O. The lowest BCUT2D eigenvalue weighted by Crippen LogP contribution is -2.22. The van der Waals surface area contributed by atoms with Crippen molar-refractivity contribution >= 4 is 5.91 Å². The fourth-order valence-corrected chi connectivity index (χ4v) is 0.599. The van der Waals surface area contributed by atoms with Crippen LogP contribution in [0.15, 0.2) is 37.5 Å². The van der Waals surface area contributed by atoms with Gasteiger partial charge in [-0.15, -0.1) is 13.2 Å². The number of nitrogens with one attached hydrogen (secondary N) is 2. The van der Waals surface area contributed by atoms with E-state index in [4.69, 9.17) is 0 Å². The van der Waals surface area contributed by atoms with Gasteiger partial charge in [0.05, 0.1) is 0 Å². The van der Waals surface area contributed by atoms with Crippen molar-refractivity contribution < 1.29 is 4.79 Å². The van der Waals surface area contributed by atoms with Crippen molar-refractivity contribution in [2.75, 3.05) is 19.6 Å². The highest BCUT2D eigenvalue weighted by molar-refractivity contribution is 5.91. The predicted octanol–water partition coefficient (Wildman–Crippen LogP) is 1.65. The maximum atomic E-state index is 10.5. The van der Waals surface area contributed by atoms with Crippen LogP contribution in [-0.4, -0.2) is 25.5 Å². The molecule has 0 aromatic heterocycles. The highest BCUT2D eigenvalue weighted by Crippen LogP contribution is 1.82. The van der Waals surface area contributed by atoms with Gasteiger partial charge in [-0.2, -0.15) is 0 Å². The van der Waals surface area contributed by atoms with Crippen molar-refractivity contribution in [1.82, 2.24) is 10.6 Å². The van der Waals surface area contributed by atoms with Crippen LogP contribution in [0.5, 0.6) is 0 Å². The Morgan fingerprint density at radius 2 is 1.73 bits per heavy atom. The Bertz CT molecular complexity index is 202. The Morgan fingerprint density at radius 1 is 1.27 bits per heavy atom. The first-order valence-corrected chi connectivity index (χ1v) is 4.96. The van der Waals surface area contributed by atoms with Crippen LogP contribution in [-0.2, 0) is 4.79 Å². The Labute approximate surface area is 93.0 Å². The van der Waals surface area contributed by atoms with Crippen LogP contribution in [0.25, 0.3) is 0 Å². The van der Waals surface area contributed by atoms with Crippen LogP contribution in [0.2, 0.25) is 0 Å². The van der Waals surface area contributed by atoms with Gasteiger partial charge < -0.3 is 10.6 Å². The molecule has 2 N–H and O–H groups in total. The first-order valence-electron chi connectivity index (χ1n) is 4.96. The van der Waals surface area contributed by atoms with Crippen LogP contribution in [0.1, 0.15) is 13.8 Å². The minimum atomic E-state index is -0.0625. The van der Waals surface area contributed by atoms with Crippen LogP contribution >= 0.6 is 0 Å². The molecule has 0 bridgehead atoms. The summed E-state index contributed by atoms with van der Waals surface area (Å²) in [6, 6.07) is 0. The lowest BCUT2D eigenvalue weighted by atomic mass is 10.3. The molecule has 0 aliphatic heterocycles. The van der Waals surface area contributed by atoms with Crippen LogP contribution in [0.4, 0.5) is 0 Å². The molecular weight excluding hydrogens is 188 g/mol. The summed E-state index contributed by atoms with van der Waals surface area (Å²) in [5.74, 6) is -0.0625. The van der Waals surface area contributed by atoms with E-state index in [0.717, 1.165) is 13.1 Å². The lowest BCUT2D eigenvalue weighted by molar-refractivity contribution is -0.117. The van der Waals surface area contributed by atoms with E-state index < -0.39 is 0 Å². The molecule has 0 radical (unpaired) electrons. The molecule has 0 aromatic rings. The largest absolute Gasteiger partial charge is 0.353 e. The van der Waals surface area contributed by atoms with Crippen molar-refractivity contribution in [2.45, 2.75) is 13.8 Å². The van der Waals surface area contributed by atoms with E-state index in [1.54, 1.807) is 6.92 Å². The number of amides is 1. The maximum absolute atomic E-state index is 10.5. The number of likely N-dealkylation sites (N-methyl/N-ethyl adjacent to an activating group) is 1. The van der Waals surface area contributed by atoms with Gasteiger partial charge in [-0.1, -0.05) is 18.7 Å². The molecule has 0 heterocycles. The van der Waals surface area contributed by atoms with E-state index >= 15 is 0 Å². The van der Waals surface area contributed by atoms with Crippen LogP contribution in [0, 0.1) is 0 Å². The molecule has 0 spiro atoms. The Morgan fingerprint density at radius 3 is 1.93 bits per heavy atom. The second-order valence-electron chi connectivity index (χ2n) is 2.88. The molecule has 0 aliphatic carbocycles. The molecule has 0 aliphatic rings. The zero-order valence-corrected chi connectivity index (χ0v) is 9.81. The average molecular weight is 210 g/mol. The second-order valence-corrected chi connectivity index (χ2v) is 2.88. The van der Waals surface area contributed by atoms with Gasteiger partial charge in [-0.3, -0.25) is 4.79 Å². The number of hydrogen-bond acceptors (Lipinski definition) is 2. The minimum absolute atomic E-state index is 0.0625. The third-order valence-corrected chi connectivity index (χ3v) is 1.30. The SMILES string of the molecule is C=C(C)C(=O)NCC.C=CCNCC=C. The Kier molecular flexibility index (Phi) is 13.6. The Balaban J connectivity index is 0. The van der Waals surface area contributed by atoms with Gasteiger partial charge in [-0.25, -0.2) is 0 Å². The average Bonchev–Trinajstić information content (AvgIpc) is 2.20. The van der Waals surface area contributed by atoms with Gasteiger partial charge in [0.15, 0.2) is 0 Å². The van der Waals surface area contributed by atoms with Gasteiger partial charge >= 0.3 is 0 Å². The fourth-order valence-electron chi connectivity index (χ4n) is 0.599. The fraction of sp³-hybridized carbons (Fsp3) is 0.417. The summed E-state index contributed by atoms with van der Waals surface area (Å²) in [7, 11) is 0. The molecule has 0 aromatic carbocycles. The summed E-state index contributed by atoms with van der Waals surface area (Å²) >= 11 is 0. The van der Waals surface area contributed by atoms with Crippen molar-refractivity contribution in [3.63, 3.8) is 0 Å². The zero-order chi connectivity index (χ0) is 12.1. The van der Waals surface area contributed by atoms with E-state index in [1.807, 2.05) is 19.1 Å². The van der Waals surface area contributed by atoms with Crippen molar-refractivity contribution in [3.8, 4) is 0 Å². The number of hydrogen-bond donors (Lipinski definition) is 2. The molecule has 1 amide bonds.